The van der Waals surface area contributed by atoms with Crippen molar-refractivity contribution in [2.45, 2.75) is 35.9 Å². The Kier molecular flexibility index (Phi) is 16.3. The molecular formula is C55H50N8O9S3. The van der Waals surface area contributed by atoms with Gasteiger partial charge in [0.15, 0.2) is 29.1 Å². The van der Waals surface area contributed by atoms with Gasteiger partial charge in [-0.3, -0.25) is 19.1 Å². The fraction of sp³-hybridized carbons (Fsp3) is 0.200. The first-order valence-electron chi connectivity index (χ1n) is 23.4. The van der Waals surface area contributed by atoms with Crippen molar-refractivity contribution in [2.75, 3.05) is 39.5 Å². The second kappa shape index (κ2) is 23.5. The van der Waals surface area contributed by atoms with Gasteiger partial charge in [0.05, 0.1) is 13.7 Å². The molecule has 0 bridgehead atoms. The summed E-state index contributed by atoms with van der Waals surface area (Å²) in [4.78, 5) is 68.4. The molecule has 7 aromatic rings. The minimum atomic E-state index is -1.11. The Morgan fingerprint density at radius 2 is 1.31 bits per heavy atom. The normalized spacial score (nSPS) is 15.8. The Balaban J connectivity index is 1.04. The molecule has 75 heavy (non-hydrogen) atoms. The van der Waals surface area contributed by atoms with E-state index >= 15 is 0 Å². The van der Waals surface area contributed by atoms with Crippen LogP contribution < -0.4 is 10.6 Å². The summed E-state index contributed by atoms with van der Waals surface area (Å²) in [6.07, 6.45) is -0.124. The summed E-state index contributed by atoms with van der Waals surface area (Å²) >= 11 is 7.39. The zero-order valence-corrected chi connectivity index (χ0v) is 43.5. The third kappa shape index (κ3) is 10.7. The standard InChI is InChI=1S/C55H50N8O9S3/c1-68-42(69-2)31-62-47(59-60-48(62)53(67)70-3)41(73)30-36-32-74-51-44(50(65)63(51)45(36)52(66)72-46(34-20-10-5-11-21-34)35-22-12-6-13-23-35)57-49(64)43(61-71-4)40-33-75-54(56-40)58-55(37-24-14-7-15-25-37,38-26-16-8-17-27-38)39-28-18-9-19-29-39/h5-30,33,42,44,46,51,73H,31-32H2,1-4H3,(H,56,58)(H,57,64). The van der Waals surface area contributed by atoms with Crippen molar-refractivity contribution in [3.8, 4) is 0 Å². The molecule has 2 aromatic heterocycles. The number of hydrogen-bond acceptors (Lipinski definition) is 17. The van der Waals surface area contributed by atoms with Gasteiger partial charge in [-0.15, -0.1) is 45.9 Å². The largest absolute Gasteiger partial charge is 0.463 e. The lowest BCUT2D eigenvalue weighted by atomic mass is 9.77. The van der Waals surface area contributed by atoms with E-state index in [-0.39, 0.29) is 46.0 Å². The van der Waals surface area contributed by atoms with Crippen LogP contribution >= 0.6 is 35.7 Å². The smallest absolute Gasteiger partial charge is 0.376 e. The van der Waals surface area contributed by atoms with E-state index in [2.05, 4.69) is 26.0 Å². The van der Waals surface area contributed by atoms with Crippen LogP contribution in [0.4, 0.5) is 5.13 Å². The van der Waals surface area contributed by atoms with E-state index in [1.165, 1.54) is 61.0 Å². The van der Waals surface area contributed by atoms with Crippen molar-refractivity contribution >= 4 is 75.2 Å². The molecule has 20 heteroatoms. The van der Waals surface area contributed by atoms with Gasteiger partial charge in [-0.1, -0.05) is 157 Å². The number of esters is 2. The molecule has 2 aliphatic heterocycles. The van der Waals surface area contributed by atoms with Crippen LogP contribution in [0.2, 0.25) is 0 Å². The maximum absolute atomic E-state index is 14.9. The highest BCUT2D eigenvalue weighted by atomic mass is 32.2. The lowest BCUT2D eigenvalue weighted by Gasteiger charge is -2.49. The second-order valence-corrected chi connectivity index (χ2v) is 19.3. The number of oxime groups is 1. The summed E-state index contributed by atoms with van der Waals surface area (Å²) < 4.78 is 23.6. The van der Waals surface area contributed by atoms with Crippen LogP contribution in [0.5, 0.6) is 0 Å². The number of nitrogens with zero attached hydrogens (tertiary/aromatic N) is 6. The Labute approximate surface area is 446 Å². The summed E-state index contributed by atoms with van der Waals surface area (Å²) in [5, 5.41) is 20.4. The quantitative estimate of drug-likeness (QED) is 0.0127. The van der Waals surface area contributed by atoms with Gasteiger partial charge in [-0.25, -0.2) is 14.6 Å². The predicted octanol–water partition coefficient (Wildman–Crippen LogP) is 7.85. The summed E-state index contributed by atoms with van der Waals surface area (Å²) in [6, 6.07) is 47.4. The van der Waals surface area contributed by atoms with Gasteiger partial charge in [0, 0.05) is 30.3 Å². The topological polar surface area (TPSA) is 198 Å². The minimum Gasteiger partial charge on any atom is -0.463 e. The van der Waals surface area contributed by atoms with Crippen LogP contribution in [-0.4, -0.2) is 106 Å². The summed E-state index contributed by atoms with van der Waals surface area (Å²) in [6.45, 7) is -0.0345. The highest BCUT2D eigenvalue weighted by Crippen LogP contribution is 2.44. The van der Waals surface area contributed by atoms with Gasteiger partial charge in [0.2, 0.25) is 5.82 Å². The first kappa shape index (κ1) is 52.0. The van der Waals surface area contributed by atoms with E-state index in [0.717, 1.165) is 16.7 Å². The van der Waals surface area contributed by atoms with E-state index < -0.39 is 53.1 Å². The molecule has 0 spiro atoms. The number of β-lactam (4-membered cyclic amide) rings is 1. The summed E-state index contributed by atoms with van der Waals surface area (Å²) in [7, 11) is 5.41. The van der Waals surface area contributed by atoms with Crippen molar-refractivity contribution in [1.29, 1.82) is 0 Å². The number of benzene rings is 5. The van der Waals surface area contributed by atoms with Crippen LogP contribution in [0.3, 0.4) is 0 Å². The van der Waals surface area contributed by atoms with Crippen LogP contribution in [0.15, 0.2) is 180 Å². The van der Waals surface area contributed by atoms with Crippen LogP contribution in [-0.2, 0) is 50.3 Å². The maximum atomic E-state index is 14.9. The van der Waals surface area contributed by atoms with Crippen LogP contribution in [0.25, 0.3) is 4.91 Å². The number of carbonyl (C=O) groups is 4. The van der Waals surface area contributed by atoms with Crippen molar-refractivity contribution in [1.82, 2.24) is 30.0 Å². The molecule has 5 aromatic carbocycles. The number of anilines is 1. The molecule has 2 unspecified atom stereocenters. The Morgan fingerprint density at radius 1 is 0.773 bits per heavy atom. The second-order valence-electron chi connectivity index (χ2n) is 16.9. The molecule has 382 valence electrons. The average Bonchev–Trinajstić information content (AvgIpc) is 4.12. The van der Waals surface area contributed by atoms with Crippen LogP contribution in [0, 0.1) is 0 Å². The number of hydrogen-bond donors (Lipinski definition) is 3. The number of rotatable bonds is 20. The van der Waals surface area contributed by atoms with Gasteiger partial charge >= 0.3 is 11.9 Å². The molecule has 0 aliphatic carbocycles. The third-order valence-corrected chi connectivity index (χ3v) is 14.9. The molecule has 1 saturated heterocycles. The van der Waals surface area contributed by atoms with Crippen molar-refractivity contribution in [2.24, 2.45) is 5.16 Å². The lowest BCUT2D eigenvalue weighted by Crippen LogP contribution is -2.71. The number of fused-ring (bicyclic) bond motifs is 1. The molecule has 0 radical (unpaired) electrons. The molecule has 17 nitrogen and oxygen atoms in total. The van der Waals surface area contributed by atoms with E-state index in [1.807, 2.05) is 152 Å². The molecule has 2 aliphatic rings. The van der Waals surface area contributed by atoms with Gasteiger partial charge < -0.3 is 34.4 Å². The summed E-state index contributed by atoms with van der Waals surface area (Å²) in [5.74, 6) is -2.80. The summed E-state index contributed by atoms with van der Waals surface area (Å²) in [5.41, 5.74) is 3.62. The Hall–Kier alpha value is -7.88. The Morgan fingerprint density at radius 3 is 1.83 bits per heavy atom. The van der Waals surface area contributed by atoms with E-state index in [1.54, 1.807) is 11.5 Å². The van der Waals surface area contributed by atoms with Gasteiger partial charge in [-0.05, 0) is 39.5 Å². The van der Waals surface area contributed by atoms with Gasteiger partial charge in [0.1, 0.15) is 35.5 Å². The number of methoxy groups -OCH3 is 3. The SMILES string of the molecule is CON=C(C(=O)NC1C(=O)N2C(C(=O)OC(c3ccccc3)c3ccccc3)=C(C=C(S)c3nnc(C(=O)OC)n3CC(OC)OC)CSC12)c1csc(NC(c2ccccc2)(c2ccccc2)c2ccccc2)n1. The highest BCUT2D eigenvalue weighted by Gasteiger charge is 2.55. The molecule has 0 saturated carbocycles. The number of thioether (sulfide) groups is 1. The molecule has 2 N–H and O–H groups in total. The van der Waals surface area contributed by atoms with Crippen molar-refractivity contribution < 1.29 is 43.0 Å². The number of thiazole rings is 1. The predicted molar refractivity (Wildman–Crippen MR) is 287 cm³/mol. The number of nitrogens with one attached hydrogen (secondary N) is 2. The number of aromatic nitrogens is 4. The third-order valence-electron chi connectivity index (χ3n) is 12.5. The van der Waals surface area contributed by atoms with E-state index in [0.29, 0.717) is 21.8 Å². The number of thiol groups is 1. The maximum Gasteiger partial charge on any atom is 0.376 e. The fourth-order valence-electron chi connectivity index (χ4n) is 8.91. The zero-order chi connectivity index (χ0) is 52.5. The first-order chi connectivity index (χ1) is 36.6. The minimum absolute atomic E-state index is 0.0345. The van der Waals surface area contributed by atoms with E-state index in [4.69, 9.17) is 41.4 Å². The number of carbonyl (C=O) groups excluding carboxylic acids is 4. The lowest BCUT2D eigenvalue weighted by molar-refractivity contribution is -0.154. The molecule has 2 atom stereocenters. The molecule has 4 heterocycles. The highest BCUT2D eigenvalue weighted by molar-refractivity contribution is 8.00. The molecular weight excluding hydrogens is 1010 g/mol. The average molecular weight is 1060 g/mol. The van der Waals surface area contributed by atoms with Crippen LogP contribution in [0.1, 0.15) is 56.1 Å². The van der Waals surface area contributed by atoms with Crippen molar-refractivity contribution in [3.05, 3.63) is 220 Å². The first-order valence-corrected chi connectivity index (χ1v) is 25.8. The van der Waals surface area contributed by atoms with Crippen molar-refractivity contribution in [3.63, 3.8) is 0 Å². The molecule has 9 rings (SSSR count). The monoisotopic (exact) mass is 1060 g/mol. The number of ether oxygens (including phenoxy) is 4. The van der Waals surface area contributed by atoms with Gasteiger partial charge in [-0.2, -0.15) is 0 Å². The fourth-order valence-corrected chi connectivity index (χ4v) is 11.3. The van der Waals surface area contributed by atoms with E-state index in [9.17, 15) is 19.2 Å². The Bertz CT molecular complexity index is 3110. The number of amides is 2. The molecule has 1 fully saturated rings. The van der Waals surface area contributed by atoms with Gasteiger partial charge in [0.25, 0.3) is 11.8 Å². The number of allylic oxidation sites excluding steroid dienone is 1. The zero-order valence-electron chi connectivity index (χ0n) is 40.9. The molecule has 2 amide bonds.